The lowest BCUT2D eigenvalue weighted by Crippen LogP contribution is -2.42. The average molecular weight is 236 g/mol. The van der Waals surface area contributed by atoms with Gasteiger partial charge in [-0.2, -0.15) is 0 Å². The molecule has 0 spiro atoms. The maximum Gasteiger partial charge on any atom is 0.398 e. The van der Waals surface area contributed by atoms with Crippen LogP contribution >= 0.6 is 0 Å². The van der Waals surface area contributed by atoms with Crippen LogP contribution in [0, 0.1) is 0 Å². The molecule has 16 heavy (non-hydrogen) atoms. The van der Waals surface area contributed by atoms with E-state index in [-0.39, 0.29) is 0 Å². The largest absolute Gasteiger partial charge is 0.520 e. The van der Waals surface area contributed by atoms with E-state index in [4.69, 9.17) is 8.85 Å². The highest BCUT2D eigenvalue weighted by atomic mass is 28.4. The fraction of sp³-hybridized carbons (Fsp3) is 0.385. The minimum absolute atomic E-state index is 0.891. The van der Waals surface area contributed by atoms with Gasteiger partial charge in [-0.3, -0.25) is 0 Å². The van der Waals surface area contributed by atoms with Gasteiger partial charge >= 0.3 is 8.56 Å². The highest BCUT2D eigenvalue weighted by molar-refractivity contribution is 6.67. The van der Waals surface area contributed by atoms with Crippen LogP contribution in [0.3, 0.4) is 0 Å². The Balaban J connectivity index is 2.81. The van der Waals surface area contributed by atoms with Gasteiger partial charge in [0.25, 0.3) is 0 Å². The zero-order valence-corrected chi connectivity index (χ0v) is 11.3. The fourth-order valence-electron chi connectivity index (χ4n) is 1.61. The van der Waals surface area contributed by atoms with Crippen molar-refractivity contribution in [2.75, 3.05) is 7.11 Å². The fourth-order valence-corrected chi connectivity index (χ4v) is 3.63. The predicted octanol–water partition coefficient (Wildman–Crippen LogP) is 3.84. The Morgan fingerprint density at radius 2 is 1.75 bits per heavy atom. The normalized spacial score (nSPS) is 11.2. The van der Waals surface area contributed by atoms with Gasteiger partial charge in [-0.15, -0.1) is 0 Å². The molecule has 0 N–H and O–H groups in total. The van der Waals surface area contributed by atoms with Crippen LogP contribution in [0.5, 0.6) is 5.75 Å². The summed E-state index contributed by atoms with van der Waals surface area (Å²) in [6, 6.07) is 9.88. The van der Waals surface area contributed by atoms with Gasteiger partial charge in [-0.1, -0.05) is 38.6 Å². The third-order valence-electron chi connectivity index (χ3n) is 2.87. The van der Waals surface area contributed by atoms with E-state index < -0.39 is 8.56 Å². The van der Waals surface area contributed by atoms with Gasteiger partial charge in [0.15, 0.2) is 0 Å². The van der Waals surface area contributed by atoms with Crippen molar-refractivity contribution in [3.8, 4) is 5.75 Å². The second-order valence-electron chi connectivity index (χ2n) is 3.70. The van der Waals surface area contributed by atoms with Crippen LogP contribution in [0.25, 0.3) is 6.08 Å². The Morgan fingerprint density at radius 3 is 2.12 bits per heavy atom. The Labute approximate surface area is 99.2 Å². The molecule has 1 aromatic carbocycles. The molecule has 0 aliphatic carbocycles. The molecule has 0 bridgehead atoms. The second kappa shape index (κ2) is 5.87. The van der Waals surface area contributed by atoms with Gasteiger partial charge < -0.3 is 8.85 Å². The van der Waals surface area contributed by atoms with E-state index in [2.05, 4.69) is 20.4 Å². The molecule has 2 nitrogen and oxygen atoms in total. The van der Waals surface area contributed by atoms with E-state index in [9.17, 15) is 0 Å². The highest BCUT2D eigenvalue weighted by Gasteiger charge is 2.34. The molecule has 0 saturated heterocycles. The number of rotatable bonds is 6. The molecule has 0 fully saturated rings. The zero-order valence-electron chi connectivity index (χ0n) is 10.3. The molecule has 0 unspecified atom stereocenters. The van der Waals surface area contributed by atoms with E-state index in [0.29, 0.717) is 0 Å². The number of hydrogen-bond donors (Lipinski definition) is 0. The van der Waals surface area contributed by atoms with E-state index >= 15 is 0 Å². The molecule has 1 aromatic rings. The van der Waals surface area contributed by atoms with Gasteiger partial charge in [-0.05, 0) is 29.8 Å². The third-order valence-corrected chi connectivity index (χ3v) is 6.38. The van der Waals surface area contributed by atoms with Crippen LogP contribution in [0.15, 0.2) is 30.8 Å². The quantitative estimate of drug-likeness (QED) is 0.699. The SMILES string of the molecule is C=Cc1ccc(O[Si](CC)(CC)OC)cc1. The van der Waals surface area contributed by atoms with Crippen molar-refractivity contribution < 1.29 is 8.85 Å². The first-order valence-corrected chi connectivity index (χ1v) is 7.89. The highest BCUT2D eigenvalue weighted by Crippen LogP contribution is 2.23. The first-order valence-electron chi connectivity index (χ1n) is 5.66. The van der Waals surface area contributed by atoms with E-state index in [1.165, 1.54) is 0 Å². The monoisotopic (exact) mass is 236 g/mol. The standard InChI is InChI=1S/C13H20O2Si/c1-5-12-8-10-13(11-9-12)15-16(6-2,7-3)14-4/h5,8-11H,1,6-7H2,2-4H3. The van der Waals surface area contributed by atoms with Crippen LogP contribution in [0.4, 0.5) is 0 Å². The Hall–Kier alpha value is -1.06. The Morgan fingerprint density at radius 1 is 1.19 bits per heavy atom. The Bertz CT molecular complexity index is 320. The summed E-state index contributed by atoms with van der Waals surface area (Å²) in [5, 5.41) is 0. The van der Waals surface area contributed by atoms with E-state index in [1.54, 1.807) is 7.11 Å². The smallest absolute Gasteiger partial charge is 0.398 e. The molecular formula is C13H20O2Si. The minimum atomic E-state index is -2.01. The summed E-state index contributed by atoms with van der Waals surface area (Å²) in [6.07, 6.45) is 1.82. The second-order valence-corrected chi connectivity index (χ2v) is 7.55. The molecule has 0 heterocycles. The summed E-state index contributed by atoms with van der Waals surface area (Å²) in [4.78, 5) is 0. The number of hydrogen-bond acceptors (Lipinski definition) is 2. The van der Waals surface area contributed by atoms with Crippen molar-refractivity contribution >= 4 is 14.6 Å². The van der Waals surface area contributed by atoms with E-state index in [0.717, 1.165) is 23.4 Å². The topological polar surface area (TPSA) is 18.5 Å². The lowest BCUT2D eigenvalue weighted by Gasteiger charge is -2.27. The lowest BCUT2D eigenvalue weighted by molar-refractivity contribution is 0.299. The molecule has 0 aliphatic heterocycles. The van der Waals surface area contributed by atoms with Gasteiger partial charge in [0.2, 0.25) is 0 Å². The zero-order chi connectivity index (χ0) is 12.0. The van der Waals surface area contributed by atoms with Gasteiger partial charge in [-0.25, -0.2) is 0 Å². The van der Waals surface area contributed by atoms with Crippen molar-refractivity contribution in [1.29, 1.82) is 0 Å². The molecule has 88 valence electrons. The van der Waals surface area contributed by atoms with Gasteiger partial charge in [0, 0.05) is 7.11 Å². The molecular weight excluding hydrogens is 216 g/mol. The maximum absolute atomic E-state index is 6.03. The van der Waals surface area contributed by atoms with E-state index in [1.807, 2.05) is 30.3 Å². The molecule has 0 amide bonds. The van der Waals surface area contributed by atoms with Crippen molar-refractivity contribution in [2.45, 2.75) is 25.9 Å². The molecule has 0 radical (unpaired) electrons. The Kier molecular flexibility index (Phi) is 4.77. The molecule has 0 aromatic heterocycles. The maximum atomic E-state index is 6.03. The van der Waals surface area contributed by atoms with Crippen LogP contribution in [0.2, 0.25) is 12.1 Å². The summed E-state index contributed by atoms with van der Waals surface area (Å²) < 4.78 is 11.6. The summed E-state index contributed by atoms with van der Waals surface area (Å²) in [6.45, 7) is 7.97. The number of benzene rings is 1. The van der Waals surface area contributed by atoms with Crippen LogP contribution in [-0.2, 0) is 4.43 Å². The molecule has 0 atom stereocenters. The summed E-state index contributed by atoms with van der Waals surface area (Å²) in [5.74, 6) is 0.891. The van der Waals surface area contributed by atoms with Crippen molar-refractivity contribution in [2.24, 2.45) is 0 Å². The molecule has 0 aliphatic rings. The minimum Gasteiger partial charge on any atom is -0.520 e. The van der Waals surface area contributed by atoms with Crippen LogP contribution in [-0.4, -0.2) is 15.7 Å². The van der Waals surface area contributed by atoms with Crippen molar-refractivity contribution in [1.82, 2.24) is 0 Å². The molecule has 3 heteroatoms. The first kappa shape index (κ1) is 13.0. The van der Waals surface area contributed by atoms with Crippen LogP contribution < -0.4 is 4.43 Å². The summed E-state index contributed by atoms with van der Waals surface area (Å²) >= 11 is 0. The van der Waals surface area contributed by atoms with Crippen molar-refractivity contribution in [3.63, 3.8) is 0 Å². The van der Waals surface area contributed by atoms with Gasteiger partial charge in [0.1, 0.15) is 5.75 Å². The third kappa shape index (κ3) is 2.96. The average Bonchev–Trinajstić information content (AvgIpc) is 2.37. The molecule has 1 rings (SSSR count). The van der Waals surface area contributed by atoms with Crippen molar-refractivity contribution in [3.05, 3.63) is 36.4 Å². The summed E-state index contributed by atoms with van der Waals surface area (Å²) in [5.41, 5.74) is 1.10. The lowest BCUT2D eigenvalue weighted by atomic mass is 10.2. The molecule has 0 saturated carbocycles. The predicted molar refractivity (Wildman–Crippen MR) is 70.9 cm³/mol. The summed E-state index contributed by atoms with van der Waals surface area (Å²) in [7, 11) is -0.264. The van der Waals surface area contributed by atoms with Crippen LogP contribution in [0.1, 0.15) is 19.4 Å². The first-order chi connectivity index (χ1) is 7.69. The van der Waals surface area contributed by atoms with Gasteiger partial charge in [0.05, 0.1) is 0 Å².